The minimum absolute atomic E-state index is 0.0160. The average molecular weight is 320 g/mol. The van der Waals surface area contributed by atoms with Crippen LogP contribution in [0.4, 0.5) is 11.6 Å². The highest BCUT2D eigenvalue weighted by molar-refractivity contribution is 6.31. The van der Waals surface area contributed by atoms with Crippen LogP contribution in [0.25, 0.3) is 0 Å². The Bertz CT molecular complexity index is 584. The van der Waals surface area contributed by atoms with Crippen LogP contribution in [-0.2, 0) is 0 Å². The monoisotopic (exact) mass is 320 g/mol. The molecule has 0 aliphatic heterocycles. The van der Waals surface area contributed by atoms with Crippen LogP contribution < -0.4 is 22.5 Å². The summed E-state index contributed by atoms with van der Waals surface area (Å²) >= 11 is 0. The second kappa shape index (κ2) is 8.91. The van der Waals surface area contributed by atoms with Gasteiger partial charge in [-0.05, 0) is 13.3 Å². The third-order valence-electron chi connectivity index (χ3n) is 3.18. The molecule has 0 aromatic carbocycles. The van der Waals surface area contributed by atoms with Crippen LogP contribution in [0, 0.1) is 5.41 Å². The summed E-state index contributed by atoms with van der Waals surface area (Å²) in [5.74, 6) is -0.279. The normalized spacial score (nSPS) is 14.2. The van der Waals surface area contributed by atoms with Crippen molar-refractivity contribution in [2.24, 2.45) is 22.2 Å². The molecule has 0 fully saturated rings. The van der Waals surface area contributed by atoms with Crippen molar-refractivity contribution >= 4 is 29.5 Å². The van der Waals surface area contributed by atoms with Gasteiger partial charge in [0.25, 0.3) is 5.91 Å². The number of carbonyl (C=O) groups excluding carboxylic acids is 1. The molecule has 9 heteroatoms. The molecule has 23 heavy (non-hydrogen) atoms. The number of aliphatic imine (C=N–C) groups is 1. The maximum absolute atomic E-state index is 11.4. The van der Waals surface area contributed by atoms with Gasteiger partial charge in [0.2, 0.25) is 0 Å². The number of nitrogens with one attached hydrogen (secondary N) is 2. The molecule has 0 saturated heterocycles. The lowest BCUT2D eigenvalue weighted by Crippen LogP contribution is -2.38. The number of nitrogens with zero attached hydrogens (tertiary/aromatic N) is 3. The van der Waals surface area contributed by atoms with Gasteiger partial charge in [0, 0.05) is 24.8 Å². The second-order valence-electron chi connectivity index (χ2n) is 5.14. The van der Waals surface area contributed by atoms with Gasteiger partial charge >= 0.3 is 0 Å². The number of primary amides is 1. The van der Waals surface area contributed by atoms with E-state index < -0.39 is 5.91 Å². The van der Waals surface area contributed by atoms with E-state index in [2.05, 4.69) is 27.2 Å². The number of aromatic nitrogens is 2. The maximum Gasteiger partial charge on any atom is 0.271 e. The number of amides is 1. The molecule has 126 valence electrons. The molecule has 0 aliphatic rings. The molecule has 1 heterocycles. The fraction of sp³-hybridized carbons (Fsp3) is 0.500. The highest BCUT2D eigenvalue weighted by atomic mass is 16.1. The Balaban J connectivity index is 3.19. The summed E-state index contributed by atoms with van der Waals surface area (Å²) in [4.78, 5) is 23.8. The maximum atomic E-state index is 11.4. The zero-order valence-corrected chi connectivity index (χ0v) is 13.4. The van der Waals surface area contributed by atoms with E-state index >= 15 is 0 Å². The number of hydrogen-bond donors (Lipinski definition) is 5. The molecule has 9 nitrogen and oxygen atoms in total. The van der Waals surface area contributed by atoms with Crippen molar-refractivity contribution < 1.29 is 4.79 Å². The summed E-state index contributed by atoms with van der Waals surface area (Å²) in [5, 5.41) is 10.4. The molecule has 0 spiro atoms. The van der Waals surface area contributed by atoms with E-state index in [0.717, 1.165) is 19.1 Å². The molecule has 0 bridgehead atoms. The molecule has 8 N–H and O–H groups in total. The molecule has 1 amide bonds. The van der Waals surface area contributed by atoms with Gasteiger partial charge < -0.3 is 27.9 Å². The van der Waals surface area contributed by atoms with Crippen molar-refractivity contribution in [3.8, 4) is 0 Å². The van der Waals surface area contributed by atoms with E-state index in [4.69, 9.17) is 22.6 Å². The van der Waals surface area contributed by atoms with Crippen LogP contribution in [-0.4, -0.2) is 46.4 Å². The third-order valence-corrected chi connectivity index (χ3v) is 3.18. The highest BCUT2D eigenvalue weighted by Gasteiger charge is 2.17. The largest absolute Gasteiger partial charge is 0.364 e. The Labute approximate surface area is 135 Å². The first-order chi connectivity index (χ1) is 10.9. The van der Waals surface area contributed by atoms with Gasteiger partial charge in [-0.2, -0.15) is 0 Å². The first-order valence-electron chi connectivity index (χ1n) is 7.39. The van der Waals surface area contributed by atoms with Gasteiger partial charge in [-0.15, -0.1) is 0 Å². The SMILES string of the molecule is CCCC(Nc1cnc(C(N)=O)c(N=C(C=N)CN)n1)C(C)N. The Morgan fingerprint density at radius 1 is 1.57 bits per heavy atom. The quantitative estimate of drug-likeness (QED) is 0.406. The van der Waals surface area contributed by atoms with Crippen LogP contribution in [0.1, 0.15) is 37.2 Å². The number of rotatable bonds is 9. The van der Waals surface area contributed by atoms with Crippen molar-refractivity contribution in [2.45, 2.75) is 38.8 Å². The molecular weight excluding hydrogens is 296 g/mol. The van der Waals surface area contributed by atoms with Crippen LogP contribution >= 0.6 is 0 Å². The first-order valence-corrected chi connectivity index (χ1v) is 7.39. The number of carbonyl (C=O) groups is 1. The summed E-state index contributed by atoms with van der Waals surface area (Å²) < 4.78 is 0. The van der Waals surface area contributed by atoms with Gasteiger partial charge in [0.1, 0.15) is 5.82 Å². The van der Waals surface area contributed by atoms with Gasteiger partial charge in [-0.1, -0.05) is 13.3 Å². The Hall–Kier alpha value is -2.39. The standard InChI is InChI=1S/C14H24N8O/c1-3-4-10(8(2)17)21-11-7-19-12(13(18)23)14(22-11)20-9(5-15)6-16/h5,7-8,10,15H,3-4,6,16-17H2,1-2H3,(H2,18,23)(H,21,22). The van der Waals surface area contributed by atoms with E-state index in [9.17, 15) is 4.79 Å². The molecule has 1 rings (SSSR count). The Kier molecular flexibility index (Phi) is 7.23. The first kappa shape index (κ1) is 18.7. The summed E-state index contributed by atoms with van der Waals surface area (Å²) in [6.45, 7) is 4.00. The van der Waals surface area contributed by atoms with E-state index in [0.29, 0.717) is 5.82 Å². The smallest absolute Gasteiger partial charge is 0.271 e. The average Bonchev–Trinajstić information content (AvgIpc) is 2.51. The molecule has 0 aliphatic carbocycles. The summed E-state index contributed by atoms with van der Waals surface area (Å²) in [6, 6.07) is -0.0667. The molecule has 0 saturated carbocycles. The van der Waals surface area contributed by atoms with E-state index in [-0.39, 0.29) is 35.9 Å². The number of hydrogen-bond acceptors (Lipinski definition) is 8. The van der Waals surface area contributed by atoms with Crippen LogP contribution in [0.2, 0.25) is 0 Å². The zero-order valence-electron chi connectivity index (χ0n) is 13.4. The Morgan fingerprint density at radius 3 is 2.74 bits per heavy atom. The van der Waals surface area contributed by atoms with Crippen molar-refractivity contribution in [1.82, 2.24) is 9.97 Å². The van der Waals surface area contributed by atoms with E-state index in [1.54, 1.807) is 0 Å². The van der Waals surface area contributed by atoms with Gasteiger partial charge in [-0.25, -0.2) is 15.0 Å². The fourth-order valence-corrected chi connectivity index (χ4v) is 1.94. The summed E-state index contributed by atoms with van der Waals surface area (Å²) in [6.07, 6.45) is 4.23. The fourth-order valence-electron chi connectivity index (χ4n) is 1.94. The molecule has 2 atom stereocenters. The predicted octanol–water partition coefficient (Wildman–Crippen LogP) is 0.184. The predicted molar refractivity (Wildman–Crippen MR) is 91.5 cm³/mol. The lowest BCUT2D eigenvalue weighted by molar-refractivity contribution is 0.0996. The van der Waals surface area contributed by atoms with E-state index in [1.165, 1.54) is 6.20 Å². The molecule has 1 aromatic heterocycles. The minimum Gasteiger partial charge on any atom is -0.364 e. The second-order valence-corrected chi connectivity index (χ2v) is 5.14. The van der Waals surface area contributed by atoms with Crippen molar-refractivity contribution in [2.75, 3.05) is 11.9 Å². The van der Waals surface area contributed by atoms with Crippen LogP contribution in [0.5, 0.6) is 0 Å². The van der Waals surface area contributed by atoms with Gasteiger partial charge in [0.15, 0.2) is 11.5 Å². The van der Waals surface area contributed by atoms with Crippen LogP contribution in [0.3, 0.4) is 0 Å². The summed E-state index contributed by atoms with van der Waals surface area (Å²) in [5.41, 5.74) is 16.9. The lowest BCUT2D eigenvalue weighted by Gasteiger charge is -2.22. The number of anilines is 1. The van der Waals surface area contributed by atoms with Crippen LogP contribution in [0.15, 0.2) is 11.2 Å². The van der Waals surface area contributed by atoms with Crippen molar-refractivity contribution in [3.05, 3.63) is 11.9 Å². The number of nitrogens with two attached hydrogens (primary N) is 3. The van der Waals surface area contributed by atoms with Crippen molar-refractivity contribution in [1.29, 1.82) is 5.41 Å². The molecule has 2 unspecified atom stereocenters. The minimum atomic E-state index is -0.749. The zero-order chi connectivity index (χ0) is 17.4. The highest BCUT2D eigenvalue weighted by Crippen LogP contribution is 2.18. The topological polar surface area (TPSA) is 169 Å². The lowest BCUT2D eigenvalue weighted by atomic mass is 10.1. The van der Waals surface area contributed by atoms with E-state index in [1.807, 2.05) is 6.92 Å². The van der Waals surface area contributed by atoms with Gasteiger partial charge in [-0.3, -0.25) is 4.79 Å². The molecular formula is C14H24N8O. The Morgan fingerprint density at radius 2 is 2.26 bits per heavy atom. The molecule has 1 aromatic rings. The van der Waals surface area contributed by atoms with Crippen molar-refractivity contribution in [3.63, 3.8) is 0 Å². The summed E-state index contributed by atoms with van der Waals surface area (Å²) in [7, 11) is 0. The van der Waals surface area contributed by atoms with Gasteiger partial charge in [0.05, 0.1) is 11.9 Å². The molecule has 0 radical (unpaired) electrons. The third kappa shape index (κ3) is 5.38.